The van der Waals surface area contributed by atoms with Crippen molar-refractivity contribution in [1.82, 2.24) is 25.1 Å². The molecule has 0 fully saturated rings. The number of aryl methyl sites for hydroxylation is 1. The Bertz CT molecular complexity index is 1620. The molecule has 0 atom stereocenters. The average molecular weight is 515 g/mol. The van der Waals surface area contributed by atoms with Gasteiger partial charge in [0.1, 0.15) is 22.0 Å². The van der Waals surface area contributed by atoms with Gasteiger partial charge in [-0.25, -0.2) is 18.4 Å². The Balaban J connectivity index is 1.27. The van der Waals surface area contributed by atoms with Crippen molar-refractivity contribution in [2.45, 2.75) is 19.4 Å². The zero-order chi connectivity index (χ0) is 25.7. The molecule has 0 radical (unpaired) electrons. The molecule has 190 valence electrons. The van der Waals surface area contributed by atoms with Crippen LogP contribution in [0, 0.1) is 0 Å². The summed E-state index contributed by atoms with van der Waals surface area (Å²) in [4.78, 5) is 8.94. The summed E-state index contributed by atoms with van der Waals surface area (Å²) in [6, 6.07) is 22.8. The molecule has 0 unspecified atom stereocenters. The fraction of sp³-hybridized carbons (Fsp3) is 0.250. The molecule has 2 aromatic heterocycles. The first-order valence-electron chi connectivity index (χ1n) is 12.3. The van der Waals surface area contributed by atoms with E-state index in [1.54, 1.807) is 6.33 Å². The zero-order valence-corrected chi connectivity index (χ0v) is 21.6. The Hall–Kier alpha value is -3.82. The summed E-state index contributed by atoms with van der Waals surface area (Å²) in [7, 11) is -2.93. The molecule has 37 heavy (non-hydrogen) atoms. The van der Waals surface area contributed by atoms with Crippen LogP contribution in [-0.4, -0.2) is 53.3 Å². The number of nitrogens with one attached hydrogen (secondary N) is 2. The smallest absolute Gasteiger partial charge is 0.148 e. The van der Waals surface area contributed by atoms with Crippen molar-refractivity contribution in [2.75, 3.05) is 30.4 Å². The first-order chi connectivity index (χ1) is 17.9. The number of benzene rings is 3. The third kappa shape index (κ3) is 6.49. The summed E-state index contributed by atoms with van der Waals surface area (Å²) in [5.41, 5.74) is 5.29. The minimum absolute atomic E-state index is 0.162. The van der Waals surface area contributed by atoms with Gasteiger partial charge in [0.15, 0.2) is 0 Å². The largest absolute Gasteiger partial charge is 0.340 e. The molecule has 2 N–H and O–H groups in total. The number of anilines is 2. The molecule has 0 saturated heterocycles. The lowest BCUT2D eigenvalue weighted by Gasteiger charge is -2.11. The molecule has 0 bridgehead atoms. The third-order valence-corrected chi connectivity index (χ3v) is 7.19. The van der Waals surface area contributed by atoms with E-state index in [9.17, 15) is 8.42 Å². The Kier molecular flexibility index (Phi) is 7.43. The zero-order valence-electron chi connectivity index (χ0n) is 20.8. The number of nitrogens with zero attached hydrogens (tertiary/aromatic N) is 4. The van der Waals surface area contributed by atoms with Crippen LogP contribution in [0.2, 0.25) is 0 Å². The van der Waals surface area contributed by atoms with Crippen LogP contribution in [0.4, 0.5) is 11.5 Å². The Morgan fingerprint density at radius 3 is 2.62 bits per heavy atom. The number of hydrogen-bond donors (Lipinski definition) is 2. The highest BCUT2D eigenvalue weighted by Crippen LogP contribution is 2.27. The second-order valence-electron chi connectivity index (χ2n) is 9.24. The third-order valence-electron chi connectivity index (χ3n) is 6.25. The second kappa shape index (κ2) is 11.1. The molecule has 0 spiro atoms. The molecule has 3 aromatic carbocycles. The van der Waals surface area contributed by atoms with Crippen LogP contribution in [-0.2, 0) is 22.8 Å². The van der Waals surface area contributed by atoms with Crippen LogP contribution >= 0.6 is 0 Å². The second-order valence-corrected chi connectivity index (χ2v) is 11.5. The van der Waals surface area contributed by atoms with Gasteiger partial charge in [-0.2, -0.15) is 5.10 Å². The predicted octanol–water partition coefficient (Wildman–Crippen LogP) is 4.34. The predicted molar refractivity (Wildman–Crippen MR) is 149 cm³/mol. The Morgan fingerprint density at radius 2 is 1.78 bits per heavy atom. The van der Waals surface area contributed by atoms with Gasteiger partial charge in [-0.3, -0.25) is 4.68 Å². The van der Waals surface area contributed by atoms with Gasteiger partial charge < -0.3 is 10.6 Å². The van der Waals surface area contributed by atoms with E-state index in [4.69, 9.17) is 0 Å². The number of rotatable bonds is 11. The molecule has 0 aliphatic heterocycles. The molecular weight excluding hydrogens is 484 g/mol. The Labute approximate surface area is 216 Å². The molecule has 8 nitrogen and oxygen atoms in total. The van der Waals surface area contributed by atoms with Crippen LogP contribution < -0.4 is 10.6 Å². The summed E-state index contributed by atoms with van der Waals surface area (Å²) in [6.45, 7) is 1.97. The summed E-state index contributed by atoms with van der Waals surface area (Å²) >= 11 is 0. The van der Waals surface area contributed by atoms with Gasteiger partial charge >= 0.3 is 0 Å². The summed E-state index contributed by atoms with van der Waals surface area (Å²) in [6.07, 6.45) is 6.52. The maximum absolute atomic E-state index is 11.2. The van der Waals surface area contributed by atoms with E-state index in [1.807, 2.05) is 41.2 Å². The quantitative estimate of drug-likeness (QED) is 0.253. The first kappa shape index (κ1) is 24.9. The van der Waals surface area contributed by atoms with Crippen molar-refractivity contribution in [1.29, 1.82) is 0 Å². The Morgan fingerprint density at radius 1 is 0.919 bits per heavy atom. The monoisotopic (exact) mass is 514 g/mol. The van der Waals surface area contributed by atoms with E-state index >= 15 is 0 Å². The van der Waals surface area contributed by atoms with Crippen molar-refractivity contribution < 1.29 is 8.42 Å². The highest BCUT2D eigenvalue weighted by Gasteiger charge is 2.09. The van der Waals surface area contributed by atoms with Crippen molar-refractivity contribution in [2.24, 2.45) is 0 Å². The fourth-order valence-corrected chi connectivity index (χ4v) is 4.86. The highest BCUT2D eigenvalue weighted by atomic mass is 32.2. The highest BCUT2D eigenvalue weighted by molar-refractivity contribution is 7.90. The van der Waals surface area contributed by atoms with E-state index in [2.05, 4.69) is 62.1 Å². The van der Waals surface area contributed by atoms with Gasteiger partial charge in [-0.1, -0.05) is 36.4 Å². The number of hydrogen-bond acceptors (Lipinski definition) is 7. The maximum atomic E-state index is 11.2. The molecule has 0 saturated carbocycles. The summed E-state index contributed by atoms with van der Waals surface area (Å²) in [5.74, 6) is 0.920. The number of sulfone groups is 1. The first-order valence-corrected chi connectivity index (χ1v) is 14.4. The lowest BCUT2D eigenvalue weighted by Crippen LogP contribution is -2.23. The van der Waals surface area contributed by atoms with E-state index in [1.165, 1.54) is 17.4 Å². The number of aromatic nitrogens is 4. The van der Waals surface area contributed by atoms with Gasteiger partial charge in [0.2, 0.25) is 0 Å². The van der Waals surface area contributed by atoms with Crippen molar-refractivity contribution in [3.63, 3.8) is 0 Å². The lowest BCUT2D eigenvalue weighted by molar-refractivity contribution is 0.594. The van der Waals surface area contributed by atoms with Crippen LogP contribution in [0.15, 0.2) is 79.3 Å². The molecule has 0 aliphatic carbocycles. The van der Waals surface area contributed by atoms with E-state index in [0.717, 1.165) is 59.2 Å². The van der Waals surface area contributed by atoms with Crippen molar-refractivity contribution in [3.8, 4) is 0 Å². The van der Waals surface area contributed by atoms with Crippen LogP contribution in [0.5, 0.6) is 0 Å². The molecular formula is C28H30N6O2S. The molecule has 0 amide bonds. The summed E-state index contributed by atoms with van der Waals surface area (Å²) < 4.78 is 24.5. The van der Waals surface area contributed by atoms with E-state index in [0.29, 0.717) is 6.54 Å². The van der Waals surface area contributed by atoms with Crippen molar-refractivity contribution >= 4 is 43.1 Å². The van der Waals surface area contributed by atoms with Crippen molar-refractivity contribution in [3.05, 3.63) is 90.4 Å². The van der Waals surface area contributed by atoms with E-state index < -0.39 is 9.84 Å². The van der Waals surface area contributed by atoms with Gasteiger partial charge in [-0.05, 0) is 60.8 Å². The molecule has 9 heteroatoms. The molecule has 5 aromatic rings. The fourth-order valence-electron chi connectivity index (χ4n) is 4.34. The maximum Gasteiger partial charge on any atom is 0.148 e. The molecule has 5 rings (SSSR count). The van der Waals surface area contributed by atoms with Gasteiger partial charge in [-0.15, -0.1) is 0 Å². The van der Waals surface area contributed by atoms with Gasteiger partial charge in [0.05, 0.1) is 29.5 Å². The minimum Gasteiger partial charge on any atom is -0.340 e. The lowest BCUT2D eigenvalue weighted by atomic mass is 10.1. The van der Waals surface area contributed by atoms with Gasteiger partial charge in [0.25, 0.3) is 0 Å². The van der Waals surface area contributed by atoms with Crippen LogP contribution in [0.1, 0.15) is 17.5 Å². The van der Waals surface area contributed by atoms with Crippen LogP contribution in [0.3, 0.4) is 0 Å². The molecule has 2 heterocycles. The minimum atomic E-state index is -2.93. The normalized spacial score (nSPS) is 11.8. The summed E-state index contributed by atoms with van der Waals surface area (Å²) in [5, 5.41) is 13.3. The topological polar surface area (TPSA) is 102 Å². The van der Waals surface area contributed by atoms with Crippen LogP contribution in [0.25, 0.3) is 21.8 Å². The van der Waals surface area contributed by atoms with Gasteiger partial charge in [0, 0.05) is 29.3 Å². The molecule has 0 aliphatic rings. The standard InChI is InChI=1S/C28H30N6O2S/c1-37(35,36)15-14-29-13-5-8-21-9-11-26-25(16-21)28(31-20-30-26)33-24-10-12-27-23(17-24)18-32-34(27)19-22-6-3-2-4-7-22/h2-4,6-7,9-12,16-18,20,29H,5,8,13-15,19H2,1H3,(H,30,31,33). The average Bonchev–Trinajstić information content (AvgIpc) is 3.28. The SMILES string of the molecule is CS(=O)(=O)CCNCCCc1ccc2ncnc(Nc3ccc4c(cnn4Cc4ccccc4)c3)c2c1. The van der Waals surface area contributed by atoms with E-state index in [-0.39, 0.29) is 5.75 Å². The number of fused-ring (bicyclic) bond motifs is 2.